The van der Waals surface area contributed by atoms with Crippen LogP contribution in [-0.2, 0) is 16.6 Å². The zero-order valence-electron chi connectivity index (χ0n) is 14.6. The second-order valence-corrected chi connectivity index (χ2v) is 7.43. The number of carbonyl (C=O) groups excluding carboxylic acids is 2. The fourth-order valence-electron chi connectivity index (χ4n) is 2.65. The van der Waals surface area contributed by atoms with Crippen molar-refractivity contribution in [1.82, 2.24) is 15.1 Å². The molecule has 26 heavy (non-hydrogen) atoms. The quantitative estimate of drug-likeness (QED) is 0.674. The van der Waals surface area contributed by atoms with Crippen molar-refractivity contribution in [3.05, 3.63) is 51.5 Å². The highest BCUT2D eigenvalue weighted by molar-refractivity contribution is 7.20. The Morgan fingerprint density at radius 1 is 1.38 bits per heavy atom. The lowest BCUT2D eigenvalue weighted by Gasteiger charge is -2.14. The van der Waals surface area contributed by atoms with Crippen LogP contribution in [0, 0.1) is 6.92 Å². The van der Waals surface area contributed by atoms with E-state index >= 15 is 0 Å². The van der Waals surface area contributed by atoms with Crippen molar-refractivity contribution >= 4 is 45.0 Å². The molecule has 3 rings (SSSR count). The summed E-state index contributed by atoms with van der Waals surface area (Å²) < 4.78 is 6.86. The molecule has 0 radical (unpaired) electrons. The highest BCUT2D eigenvalue weighted by atomic mass is 35.5. The number of esters is 1. The lowest BCUT2D eigenvalue weighted by molar-refractivity contribution is -0.124. The van der Waals surface area contributed by atoms with Gasteiger partial charge in [0.2, 0.25) is 0 Å². The molecule has 0 bridgehead atoms. The topological polar surface area (TPSA) is 73.2 Å². The molecule has 1 amide bonds. The van der Waals surface area contributed by atoms with E-state index in [-0.39, 0.29) is 18.6 Å². The summed E-state index contributed by atoms with van der Waals surface area (Å²) in [6.07, 6.45) is 0. The number of hydrogen-bond donors (Lipinski definition) is 1. The first-order chi connectivity index (χ1) is 12.3. The van der Waals surface area contributed by atoms with E-state index in [9.17, 15) is 9.59 Å². The average Bonchev–Trinajstić information content (AvgIpc) is 3.14. The Kier molecular flexibility index (Phi) is 5.29. The molecule has 1 aromatic carbocycles. The van der Waals surface area contributed by atoms with E-state index in [1.165, 1.54) is 11.3 Å². The lowest BCUT2D eigenvalue weighted by Crippen LogP contribution is -2.31. The highest BCUT2D eigenvalue weighted by Gasteiger charge is 2.18. The van der Waals surface area contributed by atoms with E-state index in [1.54, 1.807) is 22.9 Å². The second-order valence-electron chi connectivity index (χ2n) is 5.96. The Balaban J connectivity index is 1.58. The standard InChI is InChI=1S/C18H18ClN3O3S/c1-10(12-5-4-6-13(19)7-12)20-16(23)9-25-18(24)15-8-14-11(2)21-22(3)17(14)26-15/h4-8,10H,9H2,1-3H3,(H,20,23). The van der Waals surface area contributed by atoms with Crippen molar-refractivity contribution in [3.63, 3.8) is 0 Å². The molecule has 1 unspecified atom stereocenters. The monoisotopic (exact) mass is 391 g/mol. The smallest absolute Gasteiger partial charge is 0.348 e. The Bertz CT molecular complexity index is 945. The van der Waals surface area contributed by atoms with Crippen LogP contribution in [-0.4, -0.2) is 28.3 Å². The first-order valence-electron chi connectivity index (χ1n) is 8.00. The lowest BCUT2D eigenvalue weighted by atomic mass is 10.1. The van der Waals surface area contributed by atoms with Gasteiger partial charge in [0.1, 0.15) is 9.71 Å². The molecule has 0 saturated carbocycles. The number of nitrogens with one attached hydrogen (secondary N) is 1. The van der Waals surface area contributed by atoms with Gasteiger partial charge in [-0.2, -0.15) is 5.10 Å². The molecular weight excluding hydrogens is 374 g/mol. The first-order valence-corrected chi connectivity index (χ1v) is 9.19. The van der Waals surface area contributed by atoms with E-state index in [0.29, 0.717) is 9.90 Å². The molecule has 1 atom stereocenters. The van der Waals surface area contributed by atoms with E-state index < -0.39 is 5.97 Å². The van der Waals surface area contributed by atoms with Gasteiger partial charge in [-0.15, -0.1) is 11.3 Å². The number of ether oxygens (including phenoxy) is 1. The maximum atomic E-state index is 12.2. The molecule has 3 aromatic rings. The van der Waals surface area contributed by atoms with Crippen LogP contribution in [0.3, 0.4) is 0 Å². The van der Waals surface area contributed by atoms with E-state index in [4.69, 9.17) is 16.3 Å². The largest absolute Gasteiger partial charge is 0.451 e. The number of carbonyl (C=O) groups is 2. The zero-order chi connectivity index (χ0) is 18.8. The highest BCUT2D eigenvalue weighted by Crippen LogP contribution is 2.28. The molecular formula is C18H18ClN3O3S. The third-order valence-electron chi connectivity index (χ3n) is 3.96. The third kappa shape index (κ3) is 3.89. The number of amides is 1. The van der Waals surface area contributed by atoms with Gasteiger partial charge in [-0.25, -0.2) is 4.79 Å². The van der Waals surface area contributed by atoms with Crippen LogP contribution in [0.25, 0.3) is 10.2 Å². The molecule has 0 spiro atoms. The normalized spacial score (nSPS) is 12.2. The van der Waals surface area contributed by atoms with Crippen molar-refractivity contribution in [2.75, 3.05) is 6.61 Å². The fourth-order valence-corrected chi connectivity index (χ4v) is 3.87. The first kappa shape index (κ1) is 18.4. The minimum Gasteiger partial charge on any atom is -0.451 e. The summed E-state index contributed by atoms with van der Waals surface area (Å²) in [5.41, 5.74) is 1.73. The Labute approximate surface area is 159 Å². The average molecular weight is 392 g/mol. The maximum absolute atomic E-state index is 12.2. The van der Waals surface area contributed by atoms with Crippen LogP contribution in [0.4, 0.5) is 0 Å². The van der Waals surface area contributed by atoms with Crippen molar-refractivity contribution < 1.29 is 14.3 Å². The third-order valence-corrected chi connectivity index (χ3v) is 5.37. The van der Waals surface area contributed by atoms with Gasteiger partial charge in [0.05, 0.1) is 11.7 Å². The van der Waals surface area contributed by atoms with Crippen LogP contribution in [0.5, 0.6) is 0 Å². The van der Waals surface area contributed by atoms with Gasteiger partial charge in [0, 0.05) is 17.5 Å². The zero-order valence-corrected chi connectivity index (χ0v) is 16.1. The van der Waals surface area contributed by atoms with Gasteiger partial charge in [-0.1, -0.05) is 23.7 Å². The Morgan fingerprint density at radius 2 is 2.15 bits per heavy atom. The number of hydrogen-bond acceptors (Lipinski definition) is 5. The van der Waals surface area contributed by atoms with Crippen molar-refractivity contribution in [2.45, 2.75) is 19.9 Å². The van der Waals surface area contributed by atoms with Gasteiger partial charge < -0.3 is 10.1 Å². The van der Waals surface area contributed by atoms with E-state index in [2.05, 4.69) is 10.4 Å². The van der Waals surface area contributed by atoms with Gasteiger partial charge in [-0.05, 0) is 37.6 Å². The van der Waals surface area contributed by atoms with Crippen LogP contribution >= 0.6 is 22.9 Å². The summed E-state index contributed by atoms with van der Waals surface area (Å²) >= 11 is 7.25. The Hall–Kier alpha value is -2.38. The summed E-state index contributed by atoms with van der Waals surface area (Å²) in [5, 5.41) is 8.60. The van der Waals surface area contributed by atoms with Gasteiger partial charge in [0.25, 0.3) is 5.91 Å². The number of halogens is 1. The summed E-state index contributed by atoms with van der Waals surface area (Å²) in [6.45, 7) is 3.39. The maximum Gasteiger partial charge on any atom is 0.348 e. The van der Waals surface area contributed by atoms with Crippen molar-refractivity contribution in [3.8, 4) is 0 Å². The molecule has 1 N–H and O–H groups in total. The van der Waals surface area contributed by atoms with Crippen LogP contribution < -0.4 is 5.32 Å². The number of rotatable bonds is 5. The summed E-state index contributed by atoms with van der Waals surface area (Å²) in [6, 6.07) is 8.75. The van der Waals surface area contributed by atoms with Crippen LogP contribution in [0.1, 0.15) is 33.9 Å². The number of benzene rings is 1. The number of aromatic nitrogens is 2. The van der Waals surface area contributed by atoms with E-state index in [1.807, 2.05) is 33.0 Å². The number of fused-ring (bicyclic) bond motifs is 1. The summed E-state index contributed by atoms with van der Waals surface area (Å²) in [4.78, 5) is 25.6. The predicted octanol–water partition coefficient (Wildman–Crippen LogP) is 3.63. The fraction of sp³-hybridized carbons (Fsp3) is 0.278. The summed E-state index contributed by atoms with van der Waals surface area (Å²) in [5.74, 6) is -0.888. The predicted molar refractivity (Wildman–Crippen MR) is 102 cm³/mol. The number of nitrogens with zero attached hydrogens (tertiary/aromatic N) is 2. The molecule has 0 saturated heterocycles. The second kappa shape index (κ2) is 7.47. The summed E-state index contributed by atoms with van der Waals surface area (Å²) in [7, 11) is 1.83. The molecule has 136 valence electrons. The van der Waals surface area contributed by atoms with Crippen LogP contribution in [0.15, 0.2) is 30.3 Å². The van der Waals surface area contributed by atoms with Crippen molar-refractivity contribution in [1.29, 1.82) is 0 Å². The molecule has 0 aliphatic rings. The Morgan fingerprint density at radius 3 is 2.85 bits per heavy atom. The molecule has 8 heteroatoms. The van der Waals surface area contributed by atoms with Crippen LogP contribution in [0.2, 0.25) is 5.02 Å². The SMILES string of the molecule is Cc1nn(C)c2sc(C(=O)OCC(=O)NC(C)c3cccc(Cl)c3)cc12. The molecule has 0 fully saturated rings. The minimum absolute atomic E-state index is 0.238. The molecule has 2 heterocycles. The van der Waals surface area contributed by atoms with E-state index in [0.717, 1.165) is 21.5 Å². The molecule has 0 aliphatic heterocycles. The van der Waals surface area contributed by atoms with Gasteiger partial charge >= 0.3 is 5.97 Å². The van der Waals surface area contributed by atoms with Gasteiger partial charge in [0.15, 0.2) is 6.61 Å². The number of thiophene rings is 1. The number of aryl methyl sites for hydroxylation is 2. The van der Waals surface area contributed by atoms with Crippen molar-refractivity contribution in [2.24, 2.45) is 7.05 Å². The molecule has 2 aromatic heterocycles. The molecule has 6 nitrogen and oxygen atoms in total. The molecule has 0 aliphatic carbocycles. The van der Waals surface area contributed by atoms with Gasteiger partial charge in [-0.3, -0.25) is 9.48 Å². The minimum atomic E-state index is -0.517.